The Balaban J connectivity index is 1.21. The molecule has 1 amide bonds. The lowest BCUT2D eigenvalue weighted by Gasteiger charge is -2.60. The van der Waals surface area contributed by atoms with Gasteiger partial charge >= 0.3 is 0 Å². The highest BCUT2D eigenvalue weighted by atomic mass is 16.5. The van der Waals surface area contributed by atoms with Crippen molar-refractivity contribution in [1.29, 1.82) is 0 Å². The fourth-order valence-corrected chi connectivity index (χ4v) is 8.64. The number of nitrogens with zero attached hydrogens (tertiary/aromatic N) is 2. The van der Waals surface area contributed by atoms with E-state index in [4.69, 9.17) is 10.5 Å². The smallest absolute Gasteiger partial charge is 0.223 e. The Morgan fingerprint density at radius 1 is 1.02 bits per heavy atom. The number of fused-ring (bicyclic) bond motifs is 3. The Morgan fingerprint density at radius 3 is 2.50 bits per heavy atom. The van der Waals surface area contributed by atoms with Crippen LogP contribution >= 0.6 is 0 Å². The van der Waals surface area contributed by atoms with Crippen molar-refractivity contribution in [3.8, 4) is 16.9 Å². The van der Waals surface area contributed by atoms with Crippen molar-refractivity contribution in [3.05, 3.63) is 71.5 Å². The van der Waals surface area contributed by atoms with E-state index < -0.39 is 0 Å². The summed E-state index contributed by atoms with van der Waals surface area (Å²) in [6, 6.07) is 16.1. The molecule has 8 rings (SSSR count). The largest absolute Gasteiger partial charge is 0.496 e. The van der Waals surface area contributed by atoms with Gasteiger partial charge in [-0.3, -0.25) is 9.48 Å². The summed E-state index contributed by atoms with van der Waals surface area (Å²) in [4.78, 5) is 13.8. The number of hydrogen-bond acceptors (Lipinski definition) is 4. The molecule has 222 valence electrons. The summed E-state index contributed by atoms with van der Waals surface area (Å²) in [5, 5.41) is 8.32. The first-order valence-electron chi connectivity index (χ1n) is 16.3. The summed E-state index contributed by atoms with van der Waals surface area (Å²) in [5.41, 5.74) is 13.2. The summed E-state index contributed by atoms with van der Waals surface area (Å²) in [6.45, 7) is 2.12. The number of hydrogen-bond donors (Lipinski definition) is 2. The Hall–Kier alpha value is -3.12. The lowest BCUT2D eigenvalue weighted by Crippen LogP contribution is -2.60. The quantitative estimate of drug-likeness (QED) is 0.303. The molecule has 5 fully saturated rings. The Bertz CT molecular complexity index is 1440. The lowest BCUT2D eigenvalue weighted by atomic mass is 9.47. The number of ether oxygens (including phenoxy) is 1. The normalized spacial score (nSPS) is 28.4. The first-order chi connectivity index (χ1) is 20.4. The first-order valence-corrected chi connectivity index (χ1v) is 16.3. The molecule has 5 aliphatic carbocycles. The number of amides is 1. The van der Waals surface area contributed by atoms with Gasteiger partial charge in [0.2, 0.25) is 5.91 Å². The van der Waals surface area contributed by atoms with E-state index in [0.29, 0.717) is 6.04 Å². The standard InChI is InChI=1S/C36H46N4O2/c1-24-19-29(11-14-31(24)42-2)36-17-15-35(16-18-36,21-32(36)37)33(39-34(41)25-7-4-3-5-8-25)27-10-6-9-26(20-27)28-22-38-40(23-28)30-12-13-30/h6,9-11,14,19-20,22-23,25,30,32-33H,3-5,7-8,12-13,15-18,21,37H2,1-2H3,(H,39,41). The first kappa shape index (κ1) is 27.7. The molecule has 0 radical (unpaired) electrons. The number of carbonyl (C=O) groups is 1. The van der Waals surface area contributed by atoms with Crippen molar-refractivity contribution >= 4 is 5.91 Å². The molecule has 0 aliphatic heterocycles. The molecule has 5 aliphatic rings. The maximum Gasteiger partial charge on any atom is 0.223 e. The zero-order chi connectivity index (χ0) is 28.9. The summed E-state index contributed by atoms with van der Waals surface area (Å²) in [6.07, 6.45) is 17.3. The minimum atomic E-state index is -0.0518. The van der Waals surface area contributed by atoms with E-state index in [-0.39, 0.29) is 34.7 Å². The van der Waals surface area contributed by atoms with E-state index in [1.165, 1.54) is 41.5 Å². The number of nitrogens with two attached hydrogens (primary N) is 1. The van der Waals surface area contributed by atoms with Gasteiger partial charge in [-0.15, -0.1) is 0 Å². The number of aromatic nitrogens is 2. The lowest BCUT2D eigenvalue weighted by molar-refractivity contribution is -0.129. The average Bonchev–Trinajstić information content (AvgIpc) is 3.76. The van der Waals surface area contributed by atoms with Crippen LogP contribution in [0.2, 0.25) is 0 Å². The number of aryl methyl sites for hydroxylation is 1. The monoisotopic (exact) mass is 566 g/mol. The zero-order valence-corrected chi connectivity index (χ0v) is 25.3. The average molecular weight is 567 g/mol. The number of methoxy groups -OCH3 is 1. The van der Waals surface area contributed by atoms with Gasteiger partial charge in [0.05, 0.1) is 25.4 Å². The molecular weight excluding hydrogens is 520 g/mol. The molecule has 0 saturated heterocycles. The molecule has 3 N–H and O–H groups in total. The van der Waals surface area contributed by atoms with E-state index >= 15 is 0 Å². The van der Waals surface area contributed by atoms with Crippen molar-refractivity contribution in [1.82, 2.24) is 15.1 Å². The molecule has 2 atom stereocenters. The highest BCUT2D eigenvalue weighted by Gasteiger charge is 2.57. The molecular formula is C36H46N4O2. The van der Waals surface area contributed by atoms with E-state index in [9.17, 15) is 4.79 Å². The zero-order valence-electron chi connectivity index (χ0n) is 25.3. The number of rotatable bonds is 8. The minimum absolute atomic E-state index is 0.0179. The van der Waals surface area contributed by atoms with Crippen LogP contribution in [-0.4, -0.2) is 28.8 Å². The predicted octanol–water partition coefficient (Wildman–Crippen LogP) is 7.17. The van der Waals surface area contributed by atoms with Crippen LogP contribution in [0.1, 0.15) is 106 Å². The van der Waals surface area contributed by atoms with Gasteiger partial charge in [0.25, 0.3) is 0 Å². The summed E-state index contributed by atoms with van der Waals surface area (Å²) >= 11 is 0. The van der Waals surface area contributed by atoms with Gasteiger partial charge < -0.3 is 15.8 Å². The molecule has 2 aromatic carbocycles. The third-order valence-corrected chi connectivity index (χ3v) is 11.4. The Morgan fingerprint density at radius 2 is 1.81 bits per heavy atom. The van der Waals surface area contributed by atoms with Crippen LogP contribution in [0.15, 0.2) is 54.9 Å². The van der Waals surface area contributed by atoms with Crippen molar-refractivity contribution in [3.63, 3.8) is 0 Å². The highest BCUT2D eigenvalue weighted by molar-refractivity contribution is 5.79. The molecule has 6 nitrogen and oxygen atoms in total. The maximum absolute atomic E-state index is 13.8. The molecule has 3 aromatic rings. The fraction of sp³-hybridized carbons (Fsp3) is 0.556. The van der Waals surface area contributed by atoms with Gasteiger partial charge in [-0.1, -0.05) is 49.6 Å². The van der Waals surface area contributed by atoms with E-state index in [1.54, 1.807) is 7.11 Å². The van der Waals surface area contributed by atoms with Gasteiger partial charge in [-0.2, -0.15) is 5.10 Å². The fourth-order valence-electron chi connectivity index (χ4n) is 8.64. The van der Waals surface area contributed by atoms with Crippen LogP contribution in [0.3, 0.4) is 0 Å². The van der Waals surface area contributed by atoms with Crippen LogP contribution in [-0.2, 0) is 10.2 Å². The Labute approximate surface area is 250 Å². The van der Waals surface area contributed by atoms with Gasteiger partial charge in [0.1, 0.15) is 5.75 Å². The second-order valence-corrected chi connectivity index (χ2v) is 13.9. The third-order valence-electron chi connectivity index (χ3n) is 11.4. The van der Waals surface area contributed by atoms with Crippen molar-refractivity contribution in [2.24, 2.45) is 17.1 Å². The van der Waals surface area contributed by atoms with Crippen LogP contribution in [0.4, 0.5) is 0 Å². The third kappa shape index (κ3) is 4.86. The molecule has 1 aromatic heterocycles. The molecule has 5 saturated carbocycles. The SMILES string of the molecule is COc1ccc(C23CCC(C(NC(=O)C4CCCCC4)c4cccc(-c5cnn(C6CC6)c5)c4)(CC2)CC3N)cc1C. The van der Waals surface area contributed by atoms with Crippen molar-refractivity contribution in [2.45, 2.75) is 108 Å². The van der Waals surface area contributed by atoms with E-state index in [0.717, 1.165) is 69.1 Å². The minimum Gasteiger partial charge on any atom is -0.496 e. The topological polar surface area (TPSA) is 82.2 Å². The predicted molar refractivity (Wildman–Crippen MR) is 166 cm³/mol. The molecule has 0 spiro atoms. The summed E-state index contributed by atoms with van der Waals surface area (Å²) in [5.74, 6) is 1.29. The van der Waals surface area contributed by atoms with Crippen molar-refractivity contribution in [2.75, 3.05) is 7.11 Å². The maximum atomic E-state index is 13.8. The molecule has 2 unspecified atom stereocenters. The Kier molecular flexibility index (Phi) is 7.16. The van der Waals surface area contributed by atoms with Crippen LogP contribution < -0.4 is 15.8 Å². The highest BCUT2D eigenvalue weighted by Crippen LogP contribution is 2.61. The van der Waals surface area contributed by atoms with Crippen LogP contribution in [0.25, 0.3) is 11.1 Å². The molecule has 6 heteroatoms. The van der Waals surface area contributed by atoms with E-state index in [2.05, 4.69) is 70.7 Å². The van der Waals surface area contributed by atoms with Crippen LogP contribution in [0.5, 0.6) is 5.75 Å². The summed E-state index contributed by atoms with van der Waals surface area (Å²) in [7, 11) is 1.73. The number of benzene rings is 2. The number of nitrogens with one attached hydrogen (secondary N) is 1. The van der Waals surface area contributed by atoms with Crippen molar-refractivity contribution < 1.29 is 9.53 Å². The molecule has 2 bridgehead atoms. The second-order valence-electron chi connectivity index (χ2n) is 13.9. The van der Waals surface area contributed by atoms with Crippen LogP contribution in [0, 0.1) is 18.3 Å². The van der Waals surface area contributed by atoms with Gasteiger partial charge in [-0.05, 0) is 105 Å². The number of carbonyl (C=O) groups excluding carboxylic acids is 1. The van der Waals surface area contributed by atoms with E-state index in [1.807, 2.05) is 6.20 Å². The van der Waals surface area contributed by atoms with Gasteiger partial charge in [0, 0.05) is 29.1 Å². The molecule has 1 heterocycles. The van der Waals surface area contributed by atoms with Gasteiger partial charge in [0.15, 0.2) is 0 Å². The second kappa shape index (κ2) is 10.9. The summed E-state index contributed by atoms with van der Waals surface area (Å²) < 4.78 is 7.67. The van der Waals surface area contributed by atoms with Gasteiger partial charge in [-0.25, -0.2) is 0 Å². The molecule has 42 heavy (non-hydrogen) atoms.